The number of benzene rings is 2. The number of ether oxygens (including phenoxy) is 1. The number of hydrogen-bond acceptors (Lipinski definition) is 7. The van der Waals surface area contributed by atoms with E-state index in [0.717, 1.165) is 41.7 Å². The Morgan fingerprint density at radius 1 is 1.02 bits per heavy atom. The van der Waals surface area contributed by atoms with Gasteiger partial charge in [0.25, 0.3) is 5.91 Å². The Labute approximate surface area is 242 Å². The number of hydrogen-bond donors (Lipinski definition) is 2. The highest BCUT2D eigenvalue weighted by Gasteiger charge is 2.34. The zero-order valence-corrected chi connectivity index (χ0v) is 23.4. The minimum atomic E-state index is -4.54. The standard InChI is InChI=1S/C31H32F3N5O3/c1-38-8-10-39(11-9-38)19-22-6-7-25(16-27(22)31(32,33)34)37-29(40)21-5-3-4-20(12-21)17-35-26-14-23-13-24(30(41)42-2)15-28(23)36-18-26/h3-7,12-14,16,18,35H,8-11,15,17,19H2,1-2H3,(H,37,40). The highest BCUT2D eigenvalue weighted by Crippen LogP contribution is 2.35. The summed E-state index contributed by atoms with van der Waals surface area (Å²) in [7, 11) is 3.34. The number of aromatic nitrogens is 1. The molecule has 2 N–H and O–H groups in total. The minimum absolute atomic E-state index is 0.0848. The number of alkyl halides is 3. The molecule has 3 aromatic rings. The number of esters is 1. The number of pyridine rings is 1. The lowest BCUT2D eigenvalue weighted by Crippen LogP contribution is -2.44. The SMILES string of the molecule is COC(=O)C1=Cc2cc(NCc3cccc(C(=O)Nc4ccc(CN5CCN(C)CC5)c(C(F)(F)F)c4)c3)cnc2C1. The number of rotatable bonds is 8. The molecule has 1 aliphatic heterocycles. The molecule has 220 valence electrons. The fraction of sp³-hybridized carbons (Fsp3) is 0.323. The molecule has 0 bridgehead atoms. The van der Waals surface area contributed by atoms with E-state index in [4.69, 9.17) is 4.74 Å². The number of amides is 1. The molecule has 42 heavy (non-hydrogen) atoms. The maximum Gasteiger partial charge on any atom is 0.416 e. The third kappa shape index (κ3) is 6.97. The van der Waals surface area contributed by atoms with Gasteiger partial charge < -0.3 is 20.3 Å². The van der Waals surface area contributed by atoms with E-state index < -0.39 is 17.6 Å². The van der Waals surface area contributed by atoms with E-state index >= 15 is 0 Å². The van der Waals surface area contributed by atoms with E-state index in [-0.39, 0.29) is 23.8 Å². The molecule has 8 nitrogen and oxygen atoms in total. The molecule has 0 unspecified atom stereocenters. The summed E-state index contributed by atoms with van der Waals surface area (Å²) in [6.45, 7) is 3.61. The van der Waals surface area contributed by atoms with Crippen LogP contribution in [0.2, 0.25) is 0 Å². The van der Waals surface area contributed by atoms with Crippen LogP contribution in [0, 0.1) is 0 Å². The van der Waals surface area contributed by atoms with Crippen LogP contribution in [-0.2, 0) is 35.2 Å². The Hall–Kier alpha value is -4.22. The molecule has 11 heteroatoms. The smallest absolute Gasteiger partial charge is 0.416 e. The van der Waals surface area contributed by atoms with Crippen molar-refractivity contribution in [3.05, 3.63) is 93.8 Å². The van der Waals surface area contributed by atoms with Crippen LogP contribution in [0.1, 0.15) is 38.3 Å². The summed E-state index contributed by atoms with van der Waals surface area (Å²) in [5.41, 5.74) is 3.56. The molecule has 2 aliphatic rings. The van der Waals surface area contributed by atoms with Gasteiger partial charge in [-0.2, -0.15) is 13.2 Å². The fourth-order valence-corrected chi connectivity index (χ4v) is 5.09. The van der Waals surface area contributed by atoms with Crippen molar-refractivity contribution in [2.24, 2.45) is 0 Å². The first-order valence-corrected chi connectivity index (χ1v) is 13.6. The monoisotopic (exact) mass is 579 g/mol. The van der Waals surface area contributed by atoms with Crippen LogP contribution in [0.5, 0.6) is 0 Å². The summed E-state index contributed by atoms with van der Waals surface area (Å²) in [5.74, 6) is -0.884. The quantitative estimate of drug-likeness (QED) is 0.370. The van der Waals surface area contributed by atoms with E-state index in [2.05, 4.69) is 20.5 Å². The zero-order chi connectivity index (χ0) is 29.9. The predicted molar refractivity (Wildman–Crippen MR) is 154 cm³/mol. The van der Waals surface area contributed by atoms with E-state index in [9.17, 15) is 22.8 Å². The molecular weight excluding hydrogens is 547 g/mol. The number of fused-ring (bicyclic) bond motifs is 1. The molecule has 0 saturated carbocycles. The summed E-state index contributed by atoms with van der Waals surface area (Å²) in [6, 6.07) is 12.7. The number of nitrogens with one attached hydrogen (secondary N) is 2. The molecule has 1 aliphatic carbocycles. The van der Waals surface area contributed by atoms with Crippen molar-refractivity contribution in [2.75, 3.05) is 51.0 Å². The van der Waals surface area contributed by atoms with Gasteiger partial charge in [0, 0.05) is 62.5 Å². The van der Waals surface area contributed by atoms with Gasteiger partial charge in [-0.05, 0) is 60.1 Å². The van der Waals surface area contributed by atoms with Crippen molar-refractivity contribution in [1.82, 2.24) is 14.8 Å². The summed E-state index contributed by atoms with van der Waals surface area (Å²) in [6.07, 6.45) is -0.692. The van der Waals surface area contributed by atoms with Gasteiger partial charge in [0.1, 0.15) is 0 Å². The first-order chi connectivity index (χ1) is 20.1. The highest BCUT2D eigenvalue weighted by atomic mass is 19.4. The number of carbonyl (C=O) groups excluding carboxylic acids is 2. The number of halogens is 3. The summed E-state index contributed by atoms with van der Waals surface area (Å²) >= 11 is 0. The van der Waals surface area contributed by atoms with Crippen LogP contribution in [0.3, 0.4) is 0 Å². The lowest BCUT2D eigenvalue weighted by atomic mass is 10.0. The number of anilines is 2. The topological polar surface area (TPSA) is 86.8 Å². The third-order valence-corrected chi connectivity index (χ3v) is 7.49. The van der Waals surface area contributed by atoms with Crippen molar-refractivity contribution < 1.29 is 27.5 Å². The molecule has 0 radical (unpaired) electrons. The van der Waals surface area contributed by atoms with Gasteiger partial charge in [-0.15, -0.1) is 0 Å². The highest BCUT2D eigenvalue weighted by molar-refractivity contribution is 6.04. The molecule has 2 aromatic carbocycles. The van der Waals surface area contributed by atoms with E-state index in [1.165, 1.54) is 19.2 Å². The normalized spacial score (nSPS) is 15.6. The van der Waals surface area contributed by atoms with Gasteiger partial charge in [-0.1, -0.05) is 18.2 Å². The van der Waals surface area contributed by atoms with Crippen LogP contribution < -0.4 is 10.6 Å². The lowest BCUT2D eigenvalue weighted by molar-refractivity contribution is -0.138. The number of carbonyl (C=O) groups is 2. The summed E-state index contributed by atoms with van der Waals surface area (Å²) < 4.78 is 46.6. The molecule has 0 atom stereocenters. The minimum Gasteiger partial charge on any atom is -0.466 e. The first kappa shape index (κ1) is 29.3. The third-order valence-electron chi connectivity index (χ3n) is 7.49. The Morgan fingerprint density at radius 3 is 2.55 bits per heavy atom. The Bertz CT molecular complexity index is 1510. The van der Waals surface area contributed by atoms with Crippen molar-refractivity contribution >= 4 is 29.3 Å². The summed E-state index contributed by atoms with van der Waals surface area (Å²) in [5, 5.41) is 5.88. The second-order valence-corrected chi connectivity index (χ2v) is 10.6. The van der Waals surface area contributed by atoms with Crippen molar-refractivity contribution in [1.29, 1.82) is 0 Å². The molecule has 0 spiro atoms. The number of methoxy groups -OCH3 is 1. The maximum atomic E-state index is 14.0. The summed E-state index contributed by atoms with van der Waals surface area (Å²) in [4.78, 5) is 33.4. The maximum absolute atomic E-state index is 14.0. The molecule has 1 fully saturated rings. The van der Waals surface area contributed by atoms with Crippen LogP contribution >= 0.6 is 0 Å². The van der Waals surface area contributed by atoms with Crippen LogP contribution in [0.25, 0.3) is 6.08 Å². The fourth-order valence-electron chi connectivity index (χ4n) is 5.09. The zero-order valence-electron chi connectivity index (χ0n) is 23.4. The lowest BCUT2D eigenvalue weighted by Gasteiger charge is -2.33. The van der Waals surface area contributed by atoms with Crippen LogP contribution in [0.15, 0.2) is 60.3 Å². The molecule has 1 amide bonds. The van der Waals surface area contributed by atoms with Crippen LogP contribution in [-0.4, -0.2) is 67.0 Å². The largest absolute Gasteiger partial charge is 0.466 e. The number of likely N-dealkylation sites (N-methyl/N-ethyl adjacent to an activating group) is 1. The van der Waals surface area contributed by atoms with Gasteiger partial charge in [-0.25, -0.2) is 4.79 Å². The second kappa shape index (κ2) is 12.3. The van der Waals surface area contributed by atoms with Crippen molar-refractivity contribution in [2.45, 2.75) is 25.7 Å². The molecule has 1 aromatic heterocycles. The Balaban J connectivity index is 1.24. The van der Waals surface area contributed by atoms with Gasteiger partial charge in [-0.3, -0.25) is 14.7 Å². The first-order valence-electron chi connectivity index (χ1n) is 13.6. The molecular formula is C31H32F3N5O3. The average Bonchev–Trinajstić information content (AvgIpc) is 3.41. The predicted octanol–water partition coefficient (Wildman–Crippen LogP) is 4.82. The van der Waals surface area contributed by atoms with Gasteiger partial charge in [0.15, 0.2) is 0 Å². The number of piperazine rings is 1. The van der Waals surface area contributed by atoms with E-state index in [1.807, 2.05) is 24.1 Å². The molecule has 1 saturated heterocycles. The van der Waals surface area contributed by atoms with E-state index in [1.54, 1.807) is 30.5 Å². The molecule has 2 heterocycles. The van der Waals surface area contributed by atoms with Crippen molar-refractivity contribution in [3.8, 4) is 0 Å². The van der Waals surface area contributed by atoms with Gasteiger partial charge in [0.05, 0.1) is 30.3 Å². The number of nitrogens with zero attached hydrogens (tertiary/aromatic N) is 3. The van der Waals surface area contributed by atoms with E-state index in [0.29, 0.717) is 37.2 Å². The van der Waals surface area contributed by atoms with Crippen molar-refractivity contribution in [3.63, 3.8) is 0 Å². The average molecular weight is 580 g/mol. The molecule has 5 rings (SSSR count). The van der Waals surface area contributed by atoms with Gasteiger partial charge >= 0.3 is 12.1 Å². The second-order valence-electron chi connectivity index (χ2n) is 10.6. The Morgan fingerprint density at radius 2 is 1.81 bits per heavy atom. The van der Waals surface area contributed by atoms with Gasteiger partial charge in [0.2, 0.25) is 0 Å². The van der Waals surface area contributed by atoms with Crippen LogP contribution in [0.4, 0.5) is 24.5 Å². The Kier molecular flexibility index (Phi) is 8.60.